The van der Waals surface area contributed by atoms with Crippen LogP contribution < -0.4 is 14.9 Å². The van der Waals surface area contributed by atoms with Crippen molar-refractivity contribution in [3.8, 4) is 5.69 Å². The van der Waals surface area contributed by atoms with Crippen molar-refractivity contribution in [1.82, 2.24) is 9.55 Å². The largest absolute Gasteiger partial charge is 0.322 e. The monoisotopic (exact) mass is 513 g/mol. The zero-order chi connectivity index (χ0) is 25.1. The Morgan fingerprint density at radius 3 is 2.66 bits per heavy atom. The molecule has 2 aromatic carbocycles. The summed E-state index contributed by atoms with van der Waals surface area (Å²) < 4.78 is 29.7. The van der Waals surface area contributed by atoms with E-state index in [0.717, 1.165) is 17.0 Å². The Bertz CT molecular complexity index is 1420. The van der Waals surface area contributed by atoms with Crippen molar-refractivity contribution in [1.29, 1.82) is 0 Å². The zero-order valence-corrected chi connectivity index (χ0v) is 20.4. The summed E-state index contributed by atoms with van der Waals surface area (Å²) in [5, 5.41) is 5.47. The number of hydrogen-bond acceptors (Lipinski definition) is 6. The second kappa shape index (κ2) is 10.3. The molecule has 0 atom stereocenters. The molecular weight excluding hydrogens is 492 g/mol. The molecule has 2 amide bonds. The first kappa shape index (κ1) is 24.4. The number of imidazole rings is 1. The van der Waals surface area contributed by atoms with Gasteiger partial charge in [-0.2, -0.15) is 0 Å². The van der Waals surface area contributed by atoms with Gasteiger partial charge in [-0.05, 0) is 54.6 Å². The number of benzene rings is 2. The van der Waals surface area contributed by atoms with Crippen LogP contribution in [0.5, 0.6) is 0 Å². The van der Waals surface area contributed by atoms with E-state index in [9.17, 15) is 18.4 Å². The predicted octanol–water partition coefficient (Wildman–Crippen LogP) is 6.12. The highest BCUT2D eigenvalue weighted by molar-refractivity contribution is 7.99. The first-order valence-corrected chi connectivity index (χ1v) is 12.3. The smallest absolute Gasteiger partial charge is 0.272 e. The molecular formula is C24H21F2N5O2S2. The van der Waals surface area contributed by atoms with Crippen molar-refractivity contribution in [2.75, 3.05) is 28.2 Å². The highest BCUT2D eigenvalue weighted by Gasteiger charge is 2.20. The van der Waals surface area contributed by atoms with Gasteiger partial charge in [-0.1, -0.05) is 24.6 Å². The van der Waals surface area contributed by atoms with Crippen LogP contribution in [0.1, 0.15) is 21.0 Å². The van der Waals surface area contributed by atoms with Crippen LogP contribution in [0.25, 0.3) is 16.7 Å². The number of carbonyl (C=O) groups is 2. The molecule has 2 aromatic heterocycles. The van der Waals surface area contributed by atoms with E-state index in [2.05, 4.69) is 22.2 Å². The van der Waals surface area contributed by atoms with E-state index in [0.29, 0.717) is 22.4 Å². The van der Waals surface area contributed by atoms with Crippen LogP contribution in [0.3, 0.4) is 0 Å². The van der Waals surface area contributed by atoms with Crippen LogP contribution in [0.2, 0.25) is 0 Å². The molecule has 0 saturated carbocycles. The summed E-state index contributed by atoms with van der Waals surface area (Å²) in [7, 11) is 1.93. The molecule has 11 heteroatoms. The number of fused-ring (bicyclic) bond motifs is 1. The second-order valence-corrected chi connectivity index (χ2v) is 9.35. The molecule has 4 rings (SSSR count). The molecule has 0 spiro atoms. The van der Waals surface area contributed by atoms with Crippen LogP contribution in [-0.4, -0.2) is 34.7 Å². The van der Waals surface area contributed by atoms with Crippen molar-refractivity contribution < 1.29 is 18.4 Å². The molecule has 7 nitrogen and oxygen atoms in total. The Morgan fingerprint density at radius 1 is 1.17 bits per heavy atom. The number of anilines is 3. The molecule has 2 N–H and O–H groups in total. The average Bonchev–Trinajstić information content (AvgIpc) is 3.48. The number of aromatic nitrogens is 2. The molecule has 0 bridgehead atoms. The standard InChI is InChI=1S/C24H21F2N5O2S2/c1-4-21(32)27-14-6-5-7-16(12-14)31-18-9-8-15(30(2)34-3)13-17(18)28-24(31)29-23(33)20-11-10-19(35-20)22(25)26/h4-13,22H,1H2,2-3H3,(H,27,32)(H,28,29,33). The van der Waals surface area contributed by atoms with Gasteiger partial charge in [0.25, 0.3) is 12.3 Å². The Morgan fingerprint density at radius 2 is 1.97 bits per heavy atom. The first-order chi connectivity index (χ1) is 16.8. The molecule has 35 heavy (non-hydrogen) atoms. The Hall–Kier alpha value is -3.70. The normalized spacial score (nSPS) is 11.0. The summed E-state index contributed by atoms with van der Waals surface area (Å²) in [4.78, 5) is 29.3. The number of hydrogen-bond donors (Lipinski definition) is 2. The number of nitrogens with one attached hydrogen (secondary N) is 2. The second-order valence-electron chi connectivity index (χ2n) is 7.32. The van der Waals surface area contributed by atoms with Gasteiger partial charge in [0, 0.05) is 24.7 Å². The third-order valence-electron chi connectivity index (χ3n) is 5.12. The Labute approximate surface area is 208 Å². The molecule has 2 heterocycles. The zero-order valence-electron chi connectivity index (χ0n) is 18.8. The van der Waals surface area contributed by atoms with E-state index in [1.807, 2.05) is 41.9 Å². The number of amides is 2. The summed E-state index contributed by atoms with van der Waals surface area (Å²) in [5.41, 5.74) is 3.42. The topological polar surface area (TPSA) is 79.3 Å². The lowest BCUT2D eigenvalue weighted by Crippen LogP contribution is -2.14. The van der Waals surface area contributed by atoms with Gasteiger partial charge < -0.3 is 9.62 Å². The third-order valence-corrected chi connectivity index (χ3v) is 6.97. The van der Waals surface area contributed by atoms with Gasteiger partial charge in [-0.3, -0.25) is 19.5 Å². The maximum Gasteiger partial charge on any atom is 0.272 e. The lowest BCUT2D eigenvalue weighted by molar-refractivity contribution is -0.111. The predicted molar refractivity (Wildman–Crippen MR) is 139 cm³/mol. The minimum absolute atomic E-state index is 0.147. The Kier molecular flexibility index (Phi) is 7.17. The summed E-state index contributed by atoms with van der Waals surface area (Å²) in [6.07, 6.45) is 0.474. The molecule has 0 aliphatic carbocycles. The minimum Gasteiger partial charge on any atom is -0.322 e. The van der Waals surface area contributed by atoms with Crippen LogP contribution in [0.4, 0.5) is 26.1 Å². The summed E-state index contributed by atoms with van der Waals surface area (Å²) in [6.45, 7) is 3.46. The van der Waals surface area contributed by atoms with E-state index in [4.69, 9.17) is 0 Å². The van der Waals surface area contributed by atoms with Crippen molar-refractivity contribution in [3.05, 3.63) is 77.0 Å². The summed E-state index contributed by atoms with van der Waals surface area (Å²) in [5.74, 6) is -0.687. The van der Waals surface area contributed by atoms with E-state index >= 15 is 0 Å². The first-order valence-electron chi connectivity index (χ1n) is 10.3. The molecule has 0 radical (unpaired) electrons. The molecule has 4 aromatic rings. The van der Waals surface area contributed by atoms with Crippen molar-refractivity contribution in [2.24, 2.45) is 0 Å². The number of carbonyl (C=O) groups excluding carboxylic acids is 2. The average molecular weight is 514 g/mol. The molecule has 0 aliphatic heterocycles. The molecule has 0 saturated heterocycles. The van der Waals surface area contributed by atoms with E-state index in [1.54, 1.807) is 22.8 Å². The van der Waals surface area contributed by atoms with Gasteiger partial charge in [0.1, 0.15) is 0 Å². The van der Waals surface area contributed by atoms with Gasteiger partial charge >= 0.3 is 0 Å². The van der Waals surface area contributed by atoms with Crippen LogP contribution in [0.15, 0.2) is 67.3 Å². The minimum atomic E-state index is -2.65. The van der Waals surface area contributed by atoms with Gasteiger partial charge in [-0.15, -0.1) is 11.3 Å². The number of alkyl halides is 2. The van der Waals surface area contributed by atoms with Gasteiger partial charge in [0.2, 0.25) is 11.9 Å². The van der Waals surface area contributed by atoms with Gasteiger partial charge in [0.05, 0.1) is 26.5 Å². The van der Waals surface area contributed by atoms with Crippen LogP contribution in [-0.2, 0) is 4.79 Å². The summed E-state index contributed by atoms with van der Waals surface area (Å²) in [6, 6.07) is 15.3. The van der Waals surface area contributed by atoms with Gasteiger partial charge in [-0.25, -0.2) is 13.8 Å². The fourth-order valence-corrected chi connectivity index (χ4v) is 4.47. The lowest BCUT2D eigenvalue weighted by atomic mass is 10.2. The fraction of sp³-hybridized carbons (Fsp3) is 0.125. The quantitative estimate of drug-likeness (QED) is 0.219. The molecule has 0 fully saturated rings. The van der Waals surface area contributed by atoms with Crippen LogP contribution >= 0.6 is 23.3 Å². The van der Waals surface area contributed by atoms with Crippen molar-refractivity contribution in [3.63, 3.8) is 0 Å². The summed E-state index contributed by atoms with van der Waals surface area (Å²) >= 11 is 2.27. The third kappa shape index (κ3) is 5.20. The molecule has 0 aliphatic rings. The SMILES string of the molecule is C=CC(=O)Nc1cccc(-n2c(NC(=O)c3ccc(C(F)F)s3)nc3cc(N(C)SC)ccc32)c1. The maximum absolute atomic E-state index is 13.0. The molecule has 180 valence electrons. The maximum atomic E-state index is 13.0. The van der Waals surface area contributed by atoms with Gasteiger partial charge in [0.15, 0.2) is 0 Å². The fourth-order valence-electron chi connectivity index (χ4n) is 3.39. The van der Waals surface area contributed by atoms with E-state index in [-0.39, 0.29) is 21.6 Å². The lowest BCUT2D eigenvalue weighted by Gasteiger charge is -2.15. The van der Waals surface area contributed by atoms with Crippen molar-refractivity contribution in [2.45, 2.75) is 6.43 Å². The highest BCUT2D eigenvalue weighted by Crippen LogP contribution is 2.32. The number of rotatable bonds is 8. The van der Waals surface area contributed by atoms with Crippen molar-refractivity contribution >= 4 is 63.5 Å². The number of nitrogens with zero attached hydrogens (tertiary/aromatic N) is 3. The number of thiophene rings is 1. The number of halogens is 2. The highest BCUT2D eigenvalue weighted by atomic mass is 32.2. The Balaban J connectivity index is 1.80. The van der Waals surface area contributed by atoms with E-state index < -0.39 is 12.3 Å². The van der Waals surface area contributed by atoms with E-state index in [1.165, 1.54) is 30.2 Å². The van der Waals surface area contributed by atoms with Crippen LogP contribution in [0, 0.1) is 0 Å². The molecule has 0 unspecified atom stereocenters.